The van der Waals surface area contributed by atoms with E-state index in [0.717, 1.165) is 44.9 Å². The van der Waals surface area contributed by atoms with Crippen LogP contribution in [-0.4, -0.2) is 56.2 Å². The van der Waals surface area contributed by atoms with Gasteiger partial charge >= 0.3 is 0 Å². The number of carbonyl (C=O) groups is 1. The standard InChI is InChI=1S/C16H33N3O2/c1-4-18-16(2,15(17)20)9-5-6-10-19-11-7-14(8-12-19)13-21-3/h14,18H,4-13H2,1-3H3,(H2,17,20). The van der Waals surface area contributed by atoms with E-state index in [-0.39, 0.29) is 5.91 Å². The first kappa shape index (κ1) is 18.4. The molecule has 1 aliphatic rings. The summed E-state index contributed by atoms with van der Waals surface area (Å²) in [7, 11) is 1.78. The van der Waals surface area contributed by atoms with Crippen LogP contribution in [-0.2, 0) is 9.53 Å². The average Bonchev–Trinajstić information content (AvgIpc) is 2.46. The van der Waals surface area contributed by atoms with Crippen LogP contribution in [0.2, 0.25) is 0 Å². The number of amides is 1. The zero-order chi connectivity index (χ0) is 15.7. The number of ether oxygens (including phenoxy) is 1. The molecule has 0 aromatic rings. The Bertz CT molecular complexity index is 304. The van der Waals surface area contributed by atoms with E-state index in [9.17, 15) is 4.79 Å². The normalized spacial score (nSPS) is 20.3. The number of rotatable bonds is 10. The van der Waals surface area contributed by atoms with Crippen LogP contribution in [0.5, 0.6) is 0 Å². The highest BCUT2D eigenvalue weighted by Crippen LogP contribution is 2.19. The highest BCUT2D eigenvalue weighted by molar-refractivity contribution is 5.84. The lowest BCUT2D eigenvalue weighted by Crippen LogP contribution is -2.53. The number of likely N-dealkylation sites (tertiary alicyclic amines) is 1. The molecule has 1 saturated heterocycles. The maximum absolute atomic E-state index is 11.5. The van der Waals surface area contributed by atoms with Gasteiger partial charge in [-0.1, -0.05) is 6.92 Å². The second kappa shape index (κ2) is 9.38. The molecule has 0 spiro atoms. The first-order valence-electron chi connectivity index (χ1n) is 8.28. The highest BCUT2D eigenvalue weighted by Gasteiger charge is 2.29. The molecule has 1 atom stereocenters. The third kappa shape index (κ3) is 6.32. The molecule has 0 saturated carbocycles. The molecule has 124 valence electrons. The number of methoxy groups -OCH3 is 1. The smallest absolute Gasteiger partial charge is 0.237 e. The Hall–Kier alpha value is -0.650. The molecular formula is C16H33N3O2. The van der Waals surface area contributed by atoms with Gasteiger partial charge in [-0.3, -0.25) is 4.79 Å². The summed E-state index contributed by atoms with van der Waals surface area (Å²) in [6.07, 6.45) is 5.46. The maximum atomic E-state index is 11.5. The van der Waals surface area contributed by atoms with E-state index in [2.05, 4.69) is 10.2 Å². The molecule has 5 nitrogen and oxygen atoms in total. The first-order valence-corrected chi connectivity index (χ1v) is 8.28. The van der Waals surface area contributed by atoms with Crippen LogP contribution in [0.1, 0.15) is 46.0 Å². The predicted octanol–water partition coefficient (Wildman–Crippen LogP) is 1.37. The summed E-state index contributed by atoms with van der Waals surface area (Å²) in [6.45, 7) is 9.06. The second-order valence-electron chi connectivity index (χ2n) is 6.42. The van der Waals surface area contributed by atoms with Crippen molar-refractivity contribution in [3.05, 3.63) is 0 Å². The van der Waals surface area contributed by atoms with Crippen LogP contribution >= 0.6 is 0 Å². The second-order valence-corrected chi connectivity index (χ2v) is 6.42. The minimum absolute atomic E-state index is 0.246. The molecule has 0 bridgehead atoms. The largest absolute Gasteiger partial charge is 0.384 e. The summed E-state index contributed by atoms with van der Waals surface area (Å²) in [5.74, 6) is 0.489. The van der Waals surface area contributed by atoms with Crippen molar-refractivity contribution in [3.8, 4) is 0 Å². The monoisotopic (exact) mass is 299 g/mol. The van der Waals surface area contributed by atoms with Gasteiger partial charge in [0, 0.05) is 13.7 Å². The van der Waals surface area contributed by atoms with Crippen molar-refractivity contribution in [1.29, 1.82) is 0 Å². The van der Waals surface area contributed by atoms with Crippen LogP contribution in [0.15, 0.2) is 0 Å². The summed E-state index contributed by atoms with van der Waals surface area (Å²) in [5.41, 5.74) is 4.95. The molecule has 1 rings (SSSR count). The summed E-state index contributed by atoms with van der Waals surface area (Å²) in [6, 6.07) is 0. The van der Waals surface area contributed by atoms with Gasteiger partial charge in [0.1, 0.15) is 0 Å². The number of hydrogen-bond acceptors (Lipinski definition) is 4. The number of primary amides is 1. The Labute approximate surface area is 129 Å². The van der Waals surface area contributed by atoms with Crippen LogP contribution in [0.4, 0.5) is 0 Å². The molecule has 21 heavy (non-hydrogen) atoms. The Morgan fingerprint density at radius 1 is 1.38 bits per heavy atom. The first-order chi connectivity index (χ1) is 10.0. The van der Waals surface area contributed by atoms with Crippen molar-refractivity contribution >= 4 is 5.91 Å². The number of carbonyl (C=O) groups excluding carboxylic acids is 1. The van der Waals surface area contributed by atoms with E-state index < -0.39 is 5.54 Å². The Kier molecular flexibility index (Phi) is 8.22. The van der Waals surface area contributed by atoms with Crippen LogP contribution < -0.4 is 11.1 Å². The lowest BCUT2D eigenvalue weighted by Gasteiger charge is -2.32. The summed E-state index contributed by atoms with van der Waals surface area (Å²) in [4.78, 5) is 14.1. The van der Waals surface area contributed by atoms with Gasteiger partial charge in [-0.05, 0) is 71.1 Å². The van der Waals surface area contributed by atoms with Gasteiger partial charge in [-0.2, -0.15) is 0 Å². The van der Waals surface area contributed by atoms with E-state index in [1.807, 2.05) is 13.8 Å². The Balaban J connectivity index is 2.18. The van der Waals surface area contributed by atoms with Crippen LogP contribution in [0.25, 0.3) is 0 Å². The average molecular weight is 299 g/mol. The van der Waals surface area contributed by atoms with Gasteiger partial charge < -0.3 is 20.7 Å². The fraction of sp³-hybridized carbons (Fsp3) is 0.938. The van der Waals surface area contributed by atoms with Gasteiger partial charge in [0.05, 0.1) is 5.54 Å². The van der Waals surface area contributed by atoms with Gasteiger partial charge in [0.15, 0.2) is 0 Å². The number of piperidine rings is 1. The molecule has 1 heterocycles. The molecule has 1 aliphatic heterocycles. The zero-order valence-corrected chi connectivity index (χ0v) is 14.0. The third-order valence-electron chi connectivity index (χ3n) is 4.62. The fourth-order valence-corrected chi connectivity index (χ4v) is 3.12. The lowest BCUT2D eigenvalue weighted by molar-refractivity contribution is -0.124. The number of likely N-dealkylation sites (N-methyl/N-ethyl adjacent to an activating group) is 1. The molecule has 1 unspecified atom stereocenters. The van der Waals surface area contributed by atoms with Crippen molar-refractivity contribution in [2.45, 2.75) is 51.5 Å². The van der Waals surface area contributed by atoms with Crippen LogP contribution in [0, 0.1) is 5.92 Å². The molecule has 5 heteroatoms. The van der Waals surface area contributed by atoms with Crippen molar-refractivity contribution in [2.24, 2.45) is 11.7 Å². The zero-order valence-electron chi connectivity index (χ0n) is 14.0. The summed E-state index contributed by atoms with van der Waals surface area (Å²) in [5, 5.41) is 3.21. The van der Waals surface area contributed by atoms with E-state index in [1.54, 1.807) is 7.11 Å². The van der Waals surface area contributed by atoms with E-state index in [0.29, 0.717) is 0 Å². The van der Waals surface area contributed by atoms with Gasteiger partial charge in [0.2, 0.25) is 5.91 Å². The predicted molar refractivity (Wildman–Crippen MR) is 86.2 cm³/mol. The molecule has 3 N–H and O–H groups in total. The molecular weight excluding hydrogens is 266 g/mol. The molecule has 0 radical (unpaired) electrons. The Morgan fingerprint density at radius 3 is 2.57 bits per heavy atom. The summed E-state index contributed by atoms with van der Waals surface area (Å²) >= 11 is 0. The maximum Gasteiger partial charge on any atom is 0.237 e. The Morgan fingerprint density at radius 2 is 2.05 bits per heavy atom. The minimum atomic E-state index is -0.555. The highest BCUT2D eigenvalue weighted by atomic mass is 16.5. The number of nitrogens with zero attached hydrogens (tertiary/aromatic N) is 1. The van der Waals surface area contributed by atoms with Crippen molar-refractivity contribution < 1.29 is 9.53 Å². The summed E-state index contributed by atoms with van der Waals surface area (Å²) < 4.78 is 5.23. The number of nitrogens with one attached hydrogen (secondary N) is 1. The van der Waals surface area contributed by atoms with Crippen molar-refractivity contribution in [2.75, 3.05) is 39.9 Å². The van der Waals surface area contributed by atoms with E-state index in [4.69, 9.17) is 10.5 Å². The van der Waals surface area contributed by atoms with Crippen molar-refractivity contribution in [3.63, 3.8) is 0 Å². The van der Waals surface area contributed by atoms with E-state index >= 15 is 0 Å². The molecule has 0 aliphatic carbocycles. The van der Waals surface area contributed by atoms with E-state index in [1.165, 1.54) is 25.9 Å². The molecule has 1 fully saturated rings. The molecule has 0 aromatic carbocycles. The fourth-order valence-electron chi connectivity index (χ4n) is 3.12. The number of unbranched alkanes of at least 4 members (excludes halogenated alkanes) is 1. The quantitative estimate of drug-likeness (QED) is 0.598. The molecule has 1 amide bonds. The number of nitrogens with two attached hydrogens (primary N) is 1. The SMILES string of the molecule is CCNC(C)(CCCCN1CCC(COC)CC1)C(N)=O. The number of hydrogen-bond donors (Lipinski definition) is 2. The lowest BCUT2D eigenvalue weighted by atomic mass is 9.93. The van der Waals surface area contributed by atoms with Crippen molar-refractivity contribution in [1.82, 2.24) is 10.2 Å². The topological polar surface area (TPSA) is 67.6 Å². The third-order valence-corrected chi connectivity index (χ3v) is 4.62. The minimum Gasteiger partial charge on any atom is -0.384 e. The van der Waals surface area contributed by atoms with Gasteiger partial charge in [-0.25, -0.2) is 0 Å². The molecule has 0 aromatic heterocycles. The van der Waals surface area contributed by atoms with Gasteiger partial charge in [0.25, 0.3) is 0 Å². The van der Waals surface area contributed by atoms with Gasteiger partial charge in [-0.15, -0.1) is 0 Å². The van der Waals surface area contributed by atoms with Crippen LogP contribution in [0.3, 0.4) is 0 Å².